The Labute approximate surface area is 77.2 Å². The van der Waals surface area contributed by atoms with E-state index in [2.05, 4.69) is 23.8 Å². The van der Waals surface area contributed by atoms with Crippen LogP contribution in [0.2, 0.25) is 0 Å². The lowest BCUT2D eigenvalue weighted by molar-refractivity contribution is 0.253. The lowest BCUT2D eigenvalue weighted by Gasteiger charge is -2.12. The first-order valence-corrected chi connectivity index (χ1v) is 4.33. The molecule has 1 heterocycles. The Hall–Kier alpha value is -0.610. The number of aliphatic imine (C=N–C) groups is 2. The van der Waals surface area contributed by atoms with E-state index in [1.54, 1.807) is 6.21 Å². The van der Waals surface area contributed by atoms with Crippen molar-refractivity contribution in [1.82, 2.24) is 0 Å². The molecule has 0 amide bonds. The number of hydrogen-bond acceptors (Lipinski definition) is 3. The van der Waals surface area contributed by atoms with Crippen molar-refractivity contribution in [2.75, 3.05) is 0 Å². The van der Waals surface area contributed by atoms with Crippen LogP contribution in [0.4, 0.5) is 0 Å². The molecular formula is C8H12N2OS. The summed E-state index contributed by atoms with van der Waals surface area (Å²) >= 11 is 4.74. The normalized spacial score (nSPS) is 23.2. The predicted molar refractivity (Wildman–Crippen MR) is 54.0 cm³/mol. The van der Waals surface area contributed by atoms with Crippen LogP contribution in [-0.2, 0) is 0 Å². The average molecular weight is 184 g/mol. The standard InChI is InChI=1S/C8H12N2OS/c1-5(2)3-6-4-9-8(12)7(11)10-6/h4-5,7,11H,3H2,1-2H3. The van der Waals surface area contributed by atoms with Gasteiger partial charge in [0.1, 0.15) is 0 Å². The third-order valence-electron chi connectivity index (χ3n) is 1.47. The molecule has 0 saturated heterocycles. The molecule has 1 rings (SSSR count). The van der Waals surface area contributed by atoms with Crippen LogP contribution in [0.25, 0.3) is 0 Å². The van der Waals surface area contributed by atoms with E-state index in [1.807, 2.05) is 0 Å². The van der Waals surface area contributed by atoms with Gasteiger partial charge in [0, 0.05) is 6.21 Å². The zero-order valence-electron chi connectivity index (χ0n) is 7.19. The third kappa shape index (κ3) is 2.46. The minimum Gasteiger partial charge on any atom is -0.366 e. The zero-order valence-corrected chi connectivity index (χ0v) is 8.01. The highest BCUT2D eigenvalue weighted by Gasteiger charge is 2.13. The number of aliphatic hydroxyl groups is 1. The summed E-state index contributed by atoms with van der Waals surface area (Å²) in [4.78, 5) is 8.11. The minimum absolute atomic E-state index is 0.252. The van der Waals surface area contributed by atoms with E-state index >= 15 is 0 Å². The summed E-state index contributed by atoms with van der Waals surface area (Å²) in [6.45, 7) is 4.19. The molecule has 3 nitrogen and oxygen atoms in total. The molecule has 0 radical (unpaired) electrons. The molecule has 0 aromatic heterocycles. The quantitative estimate of drug-likeness (QED) is 0.655. The second kappa shape index (κ2) is 3.87. The molecule has 0 fully saturated rings. The van der Waals surface area contributed by atoms with Crippen LogP contribution in [0.15, 0.2) is 9.98 Å². The van der Waals surface area contributed by atoms with Gasteiger partial charge in [-0.15, -0.1) is 0 Å². The van der Waals surface area contributed by atoms with Crippen LogP contribution in [0.1, 0.15) is 20.3 Å². The monoisotopic (exact) mass is 184 g/mol. The molecule has 0 bridgehead atoms. The maximum absolute atomic E-state index is 9.22. The fourth-order valence-electron chi connectivity index (χ4n) is 0.974. The van der Waals surface area contributed by atoms with Crippen molar-refractivity contribution >= 4 is 29.1 Å². The maximum atomic E-state index is 9.22. The van der Waals surface area contributed by atoms with E-state index in [0.29, 0.717) is 5.92 Å². The van der Waals surface area contributed by atoms with Crippen molar-refractivity contribution in [1.29, 1.82) is 0 Å². The Kier molecular flexibility index (Phi) is 3.05. The van der Waals surface area contributed by atoms with Gasteiger partial charge in [0.15, 0.2) is 11.2 Å². The van der Waals surface area contributed by atoms with E-state index in [1.165, 1.54) is 0 Å². The first-order chi connectivity index (χ1) is 5.59. The molecule has 0 saturated carbocycles. The summed E-state index contributed by atoms with van der Waals surface area (Å²) in [5, 5.41) is 9.22. The average Bonchev–Trinajstić information content (AvgIpc) is 1.96. The summed E-state index contributed by atoms with van der Waals surface area (Å²) in [6.07, 6.45) is 1.57. The molecule has 66 valence electrons. The zero-order chi connectivity index (χ0) is 9.14. The second-order valence-corrected chi connectivity index (χ2v) is 3.61. The van der Waals surface area contributed by atoms with Gasteiger partial charge < -0.3 is 5.11 Å². The van der Waals surface area contributed by atoms with Crippen LogP contribution in [-0.4, -0.2) is 28.2 Å². The van der Waals surface area contributed by atoms with Crippen LogP contribution in [0.5, 0.6) is 0 Å². The van der Waals surface area contributed by atoms with Gasteiger partial charge >= 0.3 is 0 Å². The molecule has 0 spiro atoms. The molecule has 0 aromatic carbocycles. The van der Waals surface area contributed by atoms with Crippen molar-refractivity contribution in [3.8, 4) is 0 Å². The fourth-order valence-corrected chi connectivity index (χ4v) is 1.08. The van der Waals surface area contributed by atoms with Crippen molar-refractivity contribution < 1.29 is 5.11 Å². The number of rotatable bonds is 2. The van der Waals surface area contributed by atoms with Gasteiger partial charge in [-0.1, -0.05) is 26.1 Å². The van der Waals surface area contributed by atoms with Crippen molar-refractivity contribution in [3.63, 3.8) is 0 Å². The summed E-state index contributed by atoms with van der Waals surface area (Å²) < 4.78 is 0. The summed E-state index contributed by atoms with van der Waals surface area (Å²) in [5.74, 6) is 0.522. The number of hydrogen-bond donors (Lipinski definition) is 1. The number of aliphatic hydroxyl groups excluding tert-OH is 1. The van der Waals surface area contributed by atoms with Crippen molar-refractivity contribution in [3.05, 3.63) is 0 Å². The highest BCUT2D eigenvalue weighted by Crippen LogP contribution is 2.06. The minimum atomic E-state index is -0.904. The van der Waals surface area contributed by atoms with Gasteiger partial charge in [-0.05, 0) is 12.3 Å². The SMILES string of the molecule is CC(C)CC1=NC(O)C(=S)N=C1. The molecule has 1 N–H and O–H groups in total. The maximum Gasteiger partial charge on any atom is 0.199 e. The van der Waals surface area contributed by atoms with Gasteiger partial charge in [0.05, 0.1) is 5.71 Å². The summed E-state index contributed by atoms with van der Waals surface area (Å²) in [5.41, 5.74) is 0.825. The highest BCUT2D eigenvalue weighted by atomic mass is 32.1. The Bertz CT molecular complexity index is 245. The molecule has 1 atom stereocenters. The van der Waals surface area contributed by atoms with Crippen LogP contribution < -0.4 is 0 Å². The Morgan fingerprint density at radius 1 is 1.67 bits per heavy atom. The van der Waals surface area contributed by atoms with Crippen LogP contribution >= 0.6 is 12.2 Å². The summed E-state index contributed by atoms with van der Waals surface area (Å²) in [7, 11) is 0. The lowest BCUT2D eigenvalue weighted by atomic mass is 10.1. The molecule has 1 aliphatic heterocycles. The third-order valence-corrected chi connectivity index (χ3v) is 1.78. The highest BCUT2D eigenvalue weighted by molar-refractivity contribution is 7.80. The molecule has 0 aliphatic carbocycles. The first-order valence-electron chi connectivity index (χ1n) is 3.92. The summed E-state index contributed by atoms with van der Waals surface area (Å²) in [6, 6.07) is 0. The van der Waals surface area contributed by atoms with Crippen molar-refractivity contribution in [2.45, 2.75) is 26.5 Å². The fraction of sp³-hybridized carbons (Fsp3) is 0.625. The van der Waals surface area contributed by atoms with Gasteiger partial charge in [-0.2, -0.15) is 0 Å². The molecule has 4 heteroatoms. The second-order valence-electron chi connectivity index (χ2n) is 3.19. The van der Waals surface area contributed by atoms with Gasteiger partial charge in [-0.3, -0.25) is 4.99 Å². The Morgan fingerprint density at radius 2 is 2.33 bits per heavy atom. The van der Waals surface area contributed by atoms with Gasteiger partial charge in [0.25, 0.3) is 0 Å². The lowest BCUT2D eigenvalue weighted by Crippen LogP contribution is -2.23. The Balaban J connectivity index is 2.63. The smallest absolute Gasteiger partial charge is 0.199 e. The number of nitrogens with zero attached hydrogens (tertiary/aromatic N) is 2. The van der Waals surface area contributed by atoms with E-state index < -0.39 is 6.23 Å². The van der Waals surface area contributed by atoms with Crippen LogP contribution in [0.3, 0.4) is 0 Å². The van der Waals surface area contributed by atoms with E-state index in [9.17, 15) is 5.11 Å². The molecule has 1 unspecified atom stereocenters. The number of thiocarbonyl (C=S) groups is 1. The molecular weight excluding hydrogens is 172 g/mol. The van der Waals surface area contributed by atoms with E-state index in [0.717, 1.165) is 12.1 Å². The Morgan fingerprint density at radius 3 is 2.83 bits per heavy atom. The molecule has 12 heavy (non-hydrogen) atoms. The molecule has 1 aliphatic rings. The van der Waals surface area contributed by atoms with Gasteiger partial charge in [-0.25, -0.2) is 4.99 Å². The van der Waals surface area contributed by atoms with Crippen molar-refractivity contribution in [2.24, 2.45) is 15.9 Å². The van der Waals surface area contributed by atoms with Crippen LogP contribution in [0, 0.1) is 5.92 Å². The topological polar surface area (TPSA) is 45.0 Å². The predicted octanol–water partition coefficient (Wildman–Crippen LogP) is 1.20. The molecule has 0 aromatic rings. The first kappa shape index (κ1) is 9.48. The largest absolute Gasteiger partial charge is 0.366 e. The van der Waals surface area contributed by atoms with Gasteiger partial charge in [0.2, 0.25) is 0 Å². The van der Waals surface area contributed by atoms with E-state index in [-0.39, 0.29) is 4.99 Å². The van der Waals surface area contributed by atoms with E-state index in [4.69, 9.17) is 12.2 Å².